The van der Waals surface area contributed by atoms with E-state index in [1.165, 1.54) is 0 Å². The third-order valence-corrected chi connectivity index (χ3v) is 1.41. The first-order chi connectivity index (χ1) is 6.51. The molecular weight excluding hydrogens is 184 g/mol. The summed E-state index contributed by atoms with van der Waals surface area (Å²) in [5.41, 5.74) is 0.587. The molecule has 82 valence electrons. The Kier molecular flexibility index (Phi) is 10.5. The number of amides is 1. The van der Waals surface area contributed by atoms with Gasteiger partial charge in [0.2, 0.25) is 5.91 Å². The number of carbonyl (C=O) groups is 2. The fourth-order valence-corrected chi connectivity index (χ4v) is 0.707. The lowest BCUT2D eigenvalue weighted by atomic mass is 10.3. The molecule has 0 saturated heterocycles. The minimum Gasteiger partial charge on any atom is -0.483 e. The highest BCUT2D eigenvalue weighted by atomic mass is 16.3. The Morgan fingerprint density at radius 1 is 1.64 bits per heavy atom. The molecule has 2 N–H and O–H groups in total. The molecule has 0 heterocycles. The van der Waals surface area contributed by atoms with Crippen LogP contribution in [-0.4, -0.2) is 49.6 Å². The average molecular weight is 202 g/mol. The van der Waals surface area contributed by atoms with Crippen molar-refractivity contribution in [1.29, 1.82) is 0 Å². The van der Waals surface area contributed by atoms with Crippen molar-refractivity contribution in [3.8, 4) is 0 Å². The van der Waals surface area contributed by atoms with E-state index in [2.05, 4.69) is 11.9 Å². The monoisotopic (exact) mass is 202 g/mol. The predicted octanol–water partition coefficient (Wildman–Crippen LogP) is -0.0589. The lowest BCUT2D eigenvalue weighted by Crippen LogP contribution is -2.32. The zero-order chi connectivity index (χ0) is 11.6. The van der Waals surface area contributed by atoms with Crippen LogP contribution in [0.25, 0.3) is 0 Å². The van der Waals surface area contributed by atoms with Crippen molar-refractivity contribution in [2.75, 3.05) is 27.2 Å². The number of likely N-dealkylation sites (N-methyl/N-ethyl adjacent to an activating group) is 2. The van der Waals surface area contributed by atoms with Crippen molar-refractivity contribution in [1.82, 2.24) is 10.2 Å². The van der Waals surface area contributed by atoms with Crippen LogP contribution in [0, 0.1) is 0 Å². The van der Waals surface area contributed by atoms with Gasteiger partial charge in [-0.15, -0.1) is 0 Å². The van der Waals surface area contributed by atoms with E-state index in [0.717, 1.165) is 13.1 Å². The van der Waals surface area contributed by atoms with Crippen molar-refractivity contribution in [2.45, 2.75) is 6.92 Å². The number of nitrogens with zero attached hydrogens (tertiary/aromatic N) is 1. The summed E-state index contributed by atoms with van der Waals surface area (Å²) >= 11 is 0. The zero-order valence-electron chi connectivity index (χ0n) is 8.91. The second kappa shape index (κ2) is 9.73. The van der Waals surface area contributed by atoms with Crippen LogP contribution >= 0.6 is 0 Å². The number of carboxylic acid groups (broad SMARTS) is 1. The molecule has 0 aliphatic heterocycles. The summed E-state index contributed by atoms with van der Waals surface area (Å²) in [7, 11) is 3.63. The molecule has 0 rings (SSSR count). The van der Waals surface area contributed by atoms with E-state index in [1.54, 1.807) is 18.9 Å². The summed E-state index contributed by atoms with van der Waals surface area (Å²) in [4.78, 5) is 21.2. The van der Waals surface area contributed by atoms with Gasteiger partial charge in [0.25, 0.3) is 6.47 Å². The molecule has 0 aliphatic carbocycles. The van der Waals surface area contributed by atoms with Gasteiger partial charge in [0.15, 0.2) is 0 Å². The number of carbonyl (C=O) groups excluding carboxylic acids is 1. The van der Waals surface area contributed by atoms with E-state index in [9.17, 15) is 4.79 Å². The van der Waals surface area contributed by atoms with E-state index in [1.807, 2.05) is 7.05 Å². The Bertz CT molecular complexity index is 192. The second-order valence-electron chi connectivity index (χ2n) is 2.72. The molecule has 0 aromatic rings. The molecule has 0 atom stereocenters. The fourth-order valence-electron chi connectivity index (χ4n) is 0.707. The molecule has 0 bridgehead atoms. The van der Waals surface area contributed by atoms with Gasteiger partial charge in [-0.3, -0.25) is 9.59 Å². The molecule has 0 fully saturated rings. The quantitative estimate of drug-likeness (QED) is 0.495. The molecule has 0 aromatic carbocycles. The SMILES string of the molecule is C=C(C)C(=O)N(C)CCNC.O=CO. The van der Waals surface area contributed by atoms with Crippen LogP contribution in [0.5, 0.6) is 0 Å². The Balaban J connectivity index is 0. The topological polar surface area (TPSA) is 69.6 Å². The molecule has 0 radical (unpaired) electrons. The summed E-state index contributed by atoms with van der Waals surface area (Å²) in [6.45, 7) is 6.58. The van der Waals surface area contributed by atoms with Gasteiger partial charge in [0.05, 0.1) is 0 Å². The maximum atomic E-state index is 11.1. The molecule has 0 aliphatic rings. The second-order valence-corrected chi connectivity index (χ2v) is 2.72. The van der Waals surface area contributed by atoms with Crippen LogP contribution in [0.15, 0.2) is 12.2 Å². The van der Waals surface area contributed by atoms with Crippen LogP contribution in [0.4, 0.5) is 0 Å². The highest BCUT2D eigenvalue weighted by Crippen LogP contribution is 1.93. The van der Waals surface area contributed by atoms with Crippen molar-refractivity contribution in [2.24, 2.45) is 0 Å². The molecule has 1 amide bonds. The highest BCUT2D eigenvalue weighted by Gasteiger charge is 2.06. The fraction of sp³-hybridized carbons (Fsp3) is 0.556. The maximum Gasteiger partial charge on any atom is 0.290 e. The van der Waals surface area contributed by atoms with Crippen molar-refractivity contribution in [3.05, 3.63) is 12.2 Å². The van der Waals surface area contributed by atoms with Crippen LogP contribution in [0.2, 0.25) is 0 Å². The molecule has 0 unspecified atom stereocenters. The Hall–Kier alpha value is -1.36. The predicted molar refractivity (Wildman–Crippen MR) is 55.1 cm³/mol. The smallest absolute Gasteiger partial charge is 0.290 e. The standard InChI is InChI=1S/C8H16N2O.CH2O2/c1-7(2)8(11)10(4)6-5-9-3;2-1-3/h9H,1,5-6H2,2-4H3;1H,(H,2,3). The normalized spacial score (nSPS) is 8.21. The van der Waals surface area contributed by atoms with Crippen molar-refractivity contribution >= 4 is 12.4 Å². The Labute approximate surface area is 84.4 Å². The minimum atomic E-state index is -0.250. The first-order valence-electron chi connectivity index (χ1n) is 4.14. The highest BCUT2D eigenvalue weighted by molar-refractivity contribution is 5.91. The molecule has 0 aromatic heterocycles. The van der Waals surface area contributed by atoms with Crippen LogP contribution in [0.1, 0.15) is 6.92 Å². The van der Waals surface area contributed by atoms with Crippen LogP contribution in [0.3, 0.4) is 0 Å². The molecule has 5 nitrogen and oxygen atoms in total. The van der Waals surface area contributed by atoms with Crippen molar-refractivity contribution in [3.63, 3.8) is 0 Å². The summed E-state index contributed by atoms with van der Waals surface area (Å²) in [5, 5.41) is 9.86. The van der Waals surface area contributed by atoms with Crippen molar-refractivity contribution < 1.29 is 14.7 Å². The number of nitrogens with one attached hydrogen (secondary N) is 1. The van der Waals surface area contributed by atoms with E-state index in [4.69, 9.17) is 9.90 Å². The van der Waals surface area contributed by atoms with Gasteiger partial charge in [-0.25, -0.2) is 0 Å². The lowest BCUT2D eigenvalue weighted by molar-refractivity contribution is -0.125. The molecule has 0 saturated carbocycles. The Morgan fingerprint density at radius 3 is 2.36 bits per heavy atom. The van der Waals surface area contributed by atoms with Gasteiger partial charge >= 0.3 is 0 Å². The van der Waals surface area contributed by atoms with Crippen LogP contribution < -0.4 is 5.32 Å². The maximum absolute atomic E-state index is 11.1. The average Bonchev–Trinajstić information content (AvgIpc) is 2.14. The summed E-state index contributed by atoms with van der Waals surface area (Å²) in [6, 6.07) is 0. The van der Waals surface area contributed by atoms with Gasteiger partial charge < -0.3 is 15.3 Å². The van der Waals surface area contributed by atoms with Crippen LogP contribution in [-0.2, 0) is 9.59 Å². The lowest BCUT2D eigenvalue weighted by Gasteiger charge is -2.16. The third kappa shape index (κ3) is 8.73. The van der Waals surface area contributed by atoms with E-state index in [0.29, 0.717) is 5.57 Å². The number of rotatable bonds is 4. The Morgan fingerprint density at radius 2 is 2.07 bits per heavy atom. The third-order valence-electron chi connectivity index (χ3n) is 1.41. The van der Waals surface area contributed by atoms with Gasteiger partial charge in [-0.2, -0.15) is 0 Å². The molecule has 14 heavy (non-hydrogen) atoms. The summed E-state index contributed by atoms with van der Waals surface area (Å²) < 4.78 is 0. The molecule has 0 spiro atoms. The molecular formula is C9H18N2O3. The summed E-state index contributed by atoms with van der Waals surface area (Å²) in [5.74, 6) is 0.0141. The zero-order valence-corrected chi connectivity index (χ0v) is 8.91. The van der Waals surface area contributed by atoms with E-state index < -0.39 is 0 Å². The minimum absolute atomic E-state index is 0.0141. The largest absolute Gasteiger partial charge is 0.483 e. The first-order valence-corrected chi connectivity index (χ1v) is 4.14. The van der Waals surface area contributed by atoms with Gasteiger partial charge in [0, 0.05) is 25.7 Å². The van der Waals surface area contributed by atoms with Gasteiger partial charge in [0.1, 0.15) is 0 Å². The van der Waals surface area contributed by atoms with Gasteiger partial charge in [-0.05, 0) is 14.0 Å². The summed E-state index contributed by atoms with van der Waals surface area (Å²) in [6.07, 6.45) is 0. The number of hydrogen-bond donors (Lipinski definition) is 2. The van der Waals surface area contributed by atoms with E-state index >= 15 is 0 Å². The first kappa shape index (κ1) is 15.1. The van der Waals surface area contributed by atoms with E-state index in [-0.39, 0.29) is 12.4 Å². The van der Waals surface area contributed by atoms with Gasteiger partial charge in [-0.1, -0.05) is 6.58 Å². The molecule has 5 heteroatoms. The number of hydrogen-bond acceptors (Lipinski definition) is 3.